The first kappa shape index (κ1) is 26.9. The number of methoxy groups -OCH3 is 2. The second kappa shape index (κ2) is 11.8. The maximum atomic E-state index is 12.6. The van der Waals surface area contributed by atoms with Crippen molar-refractivity contribution < 1.29 is 27.4 Å². The van der Waals surface area contributed by atoms with Crippen molar-refractivity contribution in [3.05, 3.63) is 82.9 Å². The monoisotopic (exact) mass is 512 g/mol. The number of nitrogens with one attached hydrogen (secondary N) is 1. The molecule has 0 saturated heterocycles. The van der Waals surface area contributed by atoms with E-state index in [1.54, 1.807) is 42.5 Å². The molecule has 192 valence electrons. The number of rotatable bonds is 11. The summed E-state index contributed by atoms with van der Waals surface area (Å²) in [6, 6.07) is 17.6. The fourth-order valence-corrected chi connectivity index (χ4v) is 4.42. The van der Waals surface area contributed by atoms with E-state index in [1.165, 1.54) is 24.1 Å². The Kier molecular flexibility index (Phi) is 8.82. The second-order valence-electron chi connectivity index (χ2n) is 8.35. The van der Waals surface area contributed by atoms with E-state index in [9.17, 15) is 13.2 Å². The molecule has 3 aromatic carbocycles. The maximum absolute atomic E-state index is 12.6. The number of amides is 1. The molecule has 0 atom stereocenters. The van der Waals surface area contributed by atoms with E-state index in [1.807, 2.05) is 32.0 Å². The van der Waals surface area contributed by atoms with E-state index in [4.69, 9.17) is 14.2 Å². The minimum absolute atomic E-state index is 0.0636. The van der Waals surface area contributed by atoms with Gasteiger partial charge in [-0.25, -0.2) is 8.42 Å². The lowest BCUT2D eigenvalue weighted by Crippen LogP contribution is -2.30. The van der Waals surface area contributed by atoms with Gasteiger partial charge in [-0.3, -0.25) is 9.10 Å². The second-order valence-corrected chi connectivity index (χ2v) is 10.3. The number of nitrogens with zero attached hydrogens (tertiary/aromatic N) is 1. The van der Waals surface area contributed by atoms with Gasteiger partial charge in [0.1, 0.15) is 23.9 Å². The molecule has 36 heavy (non-hydrogen) atoms. The maximum Gasteiger partial charge on any atom is 0.251 e. The molecule has 0 radical (unpaired) electrons. The van der Waals surface area contributed by atoms with Gasteiger partial charge >= 0.3 is 0 Å². The Balaban J connectivity index is 1.64. The molecule has 0 heterocycles. The van der Waals surface area contributed by atoms with Crippen LogP contribution >= 0.6 is 0 Å². The Hall–Kier alpha value is -3.72. The van der Waals surface area contributed by atoms with Crippen LogP contribution in [-0.4, -0.2) is 48.0 Å². The molecule has 0 aromatic heterocycles. The Bertz CT molecular complexity index is 1310. The van der Waals surface area contributed by atoms with E-state index >= 15 is 0 Å². The van der Waals surface area contributed by atoms with Crippen LogP contribution in [0.4, 0.5) is 5.69 Å². The van der Waals surface area contributed by atoms with Gasteiger partial charge in [-0.2, -0.15) is 0 Å². The van der Waals surface area contributed by atoms with Crippen molar-refractivity contribution in [1.82, 2.24) is 5.32 Å². The van der Waals surface area contributed by atoms with Crippen LogP contribution in [-0.2, 0) is 16.6 Å². The topological polar surface area (TPSA) is 94.2 Å². The summed E-state index contributed by atoms with van der Waals surface area (Å²) < 4.78 is 42.8. The van der Waals surface area contributed by atoms with E-state index in [0.717, 1.165) is 17.6 Å². The number of sulfonamides is 1. The van der Waals surface area contributed by atoms with E-state index in [2.05, 4.69) is 5.32 Å². The van der Waals surface area contributed by atoms with Crippen molar-refractivity contribution in [1.29, 1.82) is 0 Å². The summed E-state index contributed by atoms with van der Waals surface area (Å²) in [5, 5.41) is 2.83. The fraction of sp³-hybridized carbons (Fsp3) is 0.296. The number of carbonyl (C=O) groups is 1. The largest absolute Gasteiger partial charge is 0.497 e. The number of carbonyl (C=O) groups excluding carboxylic acids is 1. The Morgan fingerprint density at radius 3 is 2.19 bits per heavy atom. The van der Waals surface area contributed by atoms with Gasteiger partial charge in [0.25, 0.3) is 5.91 Å². The summed E-state index contributed by atoms with van der Waals surface area (Å²) in [7, 11) is -0.651. The summed E-state index contributed by atoms with van der Waals surface area (Å²) in [6.07, 6.45) is 1.13. The Morgan fingerprint density at radius 2 is 1.58 bits per heavy atom. The van der Waals surface area contributed by atoms with Gasteiger partial charge in [0, 0.05) is 11.6 Å². The first-order valence-electron chi connectivity index (χ1n) is 11.4. The lowest BCUT2D eigenvalue weighted by atomic mass is 10.1. The van der Waals surface area contributed by atoms with Crippen LogP contribution in [0.1, 0.15) is 27.0 Å². The highest BCUT2D eigenvalue weighted by molar-refractivity contribution is 7.92. The van der Waals surface area contributed by atoms with Crippen LogP contribution in [0, 0.1) is 13.8 Å². The van der Waals surface area contributed by atoms with Gasteiger partial charge in [-0.15, -0.1) is 0 Å². The van der Waals surface area contributed by atoms with E-state index in [0.29, 0.717) is 41.5 Å². The first-order valence-corrected chi connectivity index (χ1v) is 13.2. The zero-order valence-corrected chi connectivity index (χ0v) is 22.0. The summed E-state index contributed by atoms with van der Waals surface area (Å²) in [4.78, 5) is 12.5. The molecular weight excluding hydrogens is 480 g/mol. The van der Waals surface area contributed by atoms with Crippen molar-refractivity contribution in [2.24, 2.45) is 0 Å². The standard InChI is InChI=1S/C27H32N2O6S/c1-19-6-11-24(16-20(19)2)35-15-14-28-27(30)22-9-7-21(8-10-22)18-29(36(5,31)32)25-17-23(33-3)12-13-26(25)34-4/h6-13,16-17H,14-15,18H2,1-5H3,(H,28,30). The number of ether oxygens (including phenoxy) is 3. The fourth-order valence-electron chi connectivity index (χ4n) is 3.54. The number of anilines is 1. The highest BCUT2D eigenvalue weighted by Crippen LogP contribution is 2.34. The summed E-state index contributed by atoms with van der Waals surface area (Å²) in [5.41, 5.74) is 3.89. The van der Waals surface area contributed by atoms with Gasteiger partial charge < -0.3 is 19.5 Å². The summed E-state index contributed by atoms with van der Waals surface area (Å²) in [5.74, 6) is 1.44. The van der Waals surface area contributed by atoms with Crippen molar-refractivity contribution in [2.75, 3.05) is 37.9 Å². The molecule has 0 bridgehead atoms. The number of benzene rings is 3. The molecule has 0 aliphatic carbocycles. The molecule has 0 aliphatic heterocycles. The van der Waals surface area contributed by atoms with Gasteiger partial charge in [0.05, 0.1) is 39.3 Å². The third kappa shape index (κ3) is 6.91. The summed E-state index contributed by atoms with van der Waals surface area (Å²) in [6.45, 7) is 4.83. The normalized spacial score (nSPS) is 11.0. The number of hydrogen-bond donors (Lipinski definition) is 1. The molecule has 3 rings (SSSR count). The van der Waals surface area contributed by atoms with Crippen molar-refractivity contribution in [3.63, 3.8) is 0 Å². The SMILES string of the molecule is COc1ccc(OC)c(N(Cc2ccc(C(=O)NCCOc3ccc(C)c(C)c3)cc2)S(C)(=O)=O)c1. The molecule has 3 aromatic rings. The lowest BCUT2D eigenvalue weighted by Gasteiger charge is -2.25. The predicted octanol–water partition coefficient (Wildman–Crippen LogP) is 4.10. The van der Waals surface area contributed by atoms with Crippen LogP contribution in [0.2, 0.25) is 0 Å². The third-order valence-electron chi connectivity index (χ3n) is 5.73. The molecule has 0 spiro atoms. The Labute approximate surface area is 212 Å². The highest BCUT2D eigenvalue weighted by atomic mass is 32.2. The zero-order chi connectivity index (χ0) is 26.3. The average Bonchev–Trinajstić information content (AvgIpc) is 2.86. The van der Waals surface area contributed by atoms with Crippen LogP contribution in [0.5, 0.6) is 17.2 Å². The third-order valence-corrected chi connectivity index (χ3v) is 6.86. The minimum atomic E-state index is -3.64. The van der Waals surface area contributed by atoms with E-state index in [-0.39, 0.29) is 12.5 Å². The van der Waals surface area contributed by atoms with Crippen molar-refractivity contribution >= 4 is 21.6 Å². The molecule has 1 amide bonds. The molecule has 8 nitrogen and oxygen atoms in total. The number of aryl methyl sites for hydroxylation is 2. The van der Waals surface area contributed by atoms with Gasteiger partial charge in [-0.05, 0) is 66.9 Å². The van der Waals surface area contributed by atoms with Crippen LogP contribution in [0.3, 0.4) is 0 Å². The first-order chi connectivity index (χ1) is 17.1. The quantitative estimate of drug-likeness (QED) is 0.389. The molecule has 0 unspecified atom stereocenters. The highest BCUT2D eigenvalue weighted by Gasteiger charge is 2.22. The van der Waals surface area contributed by atoms with Crippen LogP contribution < -0.4 is 23.8 Å². The average molecular weight is 513 g/mol. The molecule has 1 N–H and O–H groups in total. The Morgan fingerprint density at radius 1 is 0.889 bits per heavy atom. The summed E-state index contributed by atoms with van der Waals surface area (Å²) >= 11 is 0. The van der Waals surface area contributed by atoms with Crippen LogP contribution in [0.15, 0.2) is 60.7 Å². The smallest absolute Gasteiger partial charge is 0.251 e. The molecular formula is C27H32N2O6S. The van der Waals surface area contributed by atoms with Crippen LogP contribution in [0.25, 0.3) is 0 Å². The molecule has 9 heteroatoms. The molecule has 0 aliphatic rings. The van der Waals surface area contributed by atoms with E-state index < -0.39 is 10.0 Å². The lowest BCUT2D eigenvalue weighted by molar-refractivity contribution is 0.0947. The minimum Gasteiger partial charge on any atom is -0.497 e. The van der Waals surface area contributed by atoms with Crippen molar-refractivity contribution in [2.45, 2.75) is 20.4 Å². The van der Waals surface area contributed by atoms with Gasteiger partial charge in [0.15, 0.2) is 0 Å². The van der Waals surface area contributed by atoms with Gasteiger partial charge in [-0.1, -0.05) is 18.2 Å². The zero-order valence-electron chi connectivity index (χ0n) is 21.2. The molecule has 0 fully saturated rings. The van der Waals surface area contributed by atoms with Crippen molar-refractivity contribution in [3.8, 4) is 17.2 Å². The van der Waals surface area contributed by atoms with Gasteiger partial charge in [0.2, 0.25) is 10.0 Å². The molecule has 0 saturated carbocycles. The number of hydrogen-bond acceptors (Lipinski definition) is 6. The predicted molar refractivity (Wildman–Crippen MR) is 141 cm³/mol.